The van der Waals surface area contributed by atoms with E-state index in [4.69, 9.17) is 78.8 Å². The minimum Gasteiger partial charge on any atom is -0.356 e. The van der Waals surface area contributed by atoms with Crippen LogP contribution in [0.1, 0.15) is 0 Å². The molecule has 0 bridgehead atoms. The Hall–Kier alpha value is -2.64. The minimum atomic E-state index is -4.67. The molecule has 0 aromatic heterocycles. The molecule has 0 aromatic carbocycles. The molecule has 0 unspecified atom stereocenters. The number of hydrogen-bond donors (Lipinski definition) is 2. The maximum Gasteiger partial charge on any atom is 4.00 e. The molecule has 0 saturated carbocycles. The molecule has 0 radical (unpaired) electrons. The quantitative estimate of drug-likeness (QED) is 0.184. The molecule has 0 aliphatic rings. The van der Waals surface area contributed by atoms with Crippen molar-refractivity contribution in [1.82, 2.24) is 0 Å². The van der Waals surface area contributed by atoms with Crippen molar-refractivity contribution in [1.29, 1.82) is 0 Å². The standard InChI is InChI=1S/Mo.4NO3.H2O4S/c;4*2-1(3)4;1-5(2,3)4/h;;;;;(H2,1,2,3,4)/q+4;4*-1;. The maximum atomic E-state index is 8.74. The van der Waals surface area contributed by atoms with Crippen LogP contribution in [-0.4, -0.2) is 37.9 Å². The fourth-order valence-corrected chi connectivity index (χ4v) is 0. The summed E-state index contributed by atoms with van der Waals surface area (Å²) in [6, 6.07) is 0. The third kappa shape index (κ3) is 666. The third-order valence-corrected chi connectivity index (χ3v) is 0. The molecule has 0 aromatic rings. The second-order valence-corrected chi connectivity index (χ2v) is 2.24. The van der Waals surface area contributed by atoms with Crippen LogP contribution in [0.2, 0.25) is 0 Å². The Balaban J connectivity index is -0.0000000361. The molecule has 0 aliphatic carbocycles. The smallest absolute Gasteiger partial charge is 0.356 e. The fraction of sp³-hybridized carbons (Fsp3) is 0. The molecule has 0 saturated heterocycles. The molecule has 22 heavy (non-hydrogen) atoms. The Bertz CT molecular complexity index is 324. The van der Waals surface area contributed by atoms with Crippen molar-refractivity contribution in [3.8, 4) is 0 Å². The van der Waals surface area contributed by atoms with Gasteiger partial charge < -0.3 is 61.3 Å². The Morgan fingerprint density at radius 2 is 0.545 bits per heavy atom. The first kappa shape index (κ1) is 36.6. The molecular weight excluding hydrogens is 440 g/mol. The topological polar surface area (TPSA) is 339 Å². The molecule has 0 fully saturated rings. The number of hydrogen-bond acceptors (Lipinski definition) is 14. The molecule has 22 heteroatoms. The molecule has 2 N–H and O–H groups in total. The van der Waals surface area contributed by atoms with E-state index in [2.05, 4.69) is 0 Å². The largest absolute Gasteiger partial charge is 4.00 e. The first-order chi connectivity index (χ1) is 8.93. The van der Waals surface area contributed by atoms with E-state index in [0.29, 0.717) is 0 Å². The minimum absolute atomic E-state index is 0. The van der Waals surface area contributed by atoms with Crippen molar-refractivity contribution in [2.45, 2.75) is 0 Å². The zero-order valence-electron chi connectivity index (χ0n) is 9.22. The van der Waals surface area contributed by atoms with Gasteiger partial charge in [0.2, 0.25) is 0 Å². The predicted molar refractivity (Wildman–Crippen MR) is 55.6 cm³/mol. The van der Waals surface area contributed by atoms with E-state index < -0.39 is 30.7 Å². The van der Waals surface area contributed by atoms with Gasteiger partial charge in [-0.1, -0.05) is 0 Å². The van der Waals surface area contributed by atoms with Crippen molar-refractivity contribution in [2.24, 2.45) is 0 Å². The van der Waals surface area contributed by atoms with Crippen LogP contribution in [0.5, 0.6) is 0 Å². The average Bonchev–Trinajstić information content (AvgIpc) is 1.91. The van der Waals surface area contributed by atoms with Crippen LogP contribution >= 0.6 is 0 Å². The van der Waals surface area contributed by atoms with Crippen LogP contribution in [0.15, 0.2) is 0 Å². The SMILES string of the molecule is O=S(=O)(O)O.O=[N+]([O-])[O-].O=[N+]([O-])[O-].O=[N+]([O-])[O-].O=[N+]([O-])[O-].[Mo+4]. The van der Waals surface area contributed by atoms with Gasteiger partial charge in [0.25, 0.3) is 0 Å². The van der Waals surface area contributed by atoms with Crippen molar-refractivity contribution in [3.63, 3.8) is 0 Å². The van der Waals surface area contributed by atoms with Crippen LogP contribution in [0, 0.1) is 61.3 Å². The van der Waals surface area contributed by atoms with Crippen molar-refractivity contribution >= 4 is 10.4 Å². The molecule has 20 nitrogen and oxygen atoms in total. The summed E-state index contributed by atoms with van der Waals surface area (Å²) < 4.78 is 31.6. The van der Waals surface area contributed by atoms with Crippen molar-refractivity contribution < 1.29 is 58.9 Å². The molecule has 0 amide bonds. The van der Waals surface area contributed by atoms with Crippen LogP contribution in [-0.2, 0) is 31.5 Å². The zero-order valence-corrected chi connectivity index (χ0v) is 12.0. The van der Waals surface area contributed by atoms with E-state index in [1.807, 2.05) is 0 Å². The molecule has 0 heterocycles. The molecule has 0 rings (SSSR count). The second-order valence-electron chi connectivity index (χ2n) is 1.34. The van der Waals surface area contributed by atoms with Gasteiger partial charge in [-0.25, -0.2) is 0 Å². The van der Waals surface area contributed by atoms with Gasteiger partial charge in [0.15, 0.2) is 0 Å². The monoisotopic (exact) mass is 444 g/mol. The summed E-state index contributed by atoms with van der Waals surface area (Å²) in [5.41, 5.74) is 0. The van der Waals surface area contributed by atoms with Gasteiger partial charge in [-0.15, -0.1) is 0 Å². The van der Waals surface area contributed by atoms with Gasteiger partial charge in [-0.3, -0.25) is 9.11 Å². The zero-order chi connectivity index (χ0) is 18.8. The van der Waals surface area contributed by atoms with E-state index in [9.17, 15) is 0 Å². The molecular formula is H2MoN4O16S. The maximum absolute atomic E-state index is 8.74. The van der Waals surface area contributed by atoms with Crippen molar-refractivity contribution in [2.75, 3.05) is 0 Å². The first-order valence-electron chi connectivity index (χ1n) is 2.89. The summed E-state index contributed by atoms with van der Waals surface area (Å²) in [4.78, 5) is 33.0. The van der Waals surface area contributed by atoms with E-state index >= 15 is 0 Å². The molecule has 0 spiro atoms. The third-order valence-electron chi connectivity index (χ3n) is 0. The summed E-state index contributed by atoms with van der Waals surface area (Å²) in [5, 5.41) is 59.0. The van der Waals surface area contributed by atoms with Gasteiger partial charge >= 0.3 is 31.5 Å². The Kier molecular flexibility index (Phi) is 39.0. The average molecular weight is 442 g/mol. The van der Waals surface area contributed by atoms with E-state index in [1.54, 1.807) is 0 Å². The Labute approximate surface area is 131 Å². The van der Waals surface area contributed by atoms with Crippen LogP contribution in [0.4, 0.5) is 0 Å². The number of rotatable bonds is 0. The van der Waals surface area contributed by atoms with Crippen molar-refractivity contribution in [3.05, 3.63) is 61.3 Å². The van der Waals surface area contributed by atoms with Gasteiger partial charge in [0.05, 0.1) is 20.3 Å². The van der Waals surface area contributed by atoms with E-state index in [1.165, 1.54) is 0 Å². The summed E-state index contributed by atoms with van der Waals surface area (Å²) in [7, 11) is -4.67. The molecule has 0 aliphatic heterocycles. The van der Waals surface area contributed by atoms with Crippen LogP contribution in [0.3, 0.4) is 0 Å². The Morgan fingerprint density at radius 1 is 0.545 bits per heavy atom. The van der Waals surface area contributed by atoms with Gasteiger partial charge in [0.1, 0.15) is 0 Å². The predicted octanol–water partition coefficient (Wildman–Crippen LogP) is -1.61. The van der Waals surface area contributed by atoms with E-state index in [-0.39, 0.29) is 21.1 Å². The van der Waals surface area contributed by atoms with Crippen LogP contribution in [0.25, 0.3) is 0 Å². The van der Waals surface area contributed by atoms with Gasteiger partial charge in [0, 0.05) is 0 Å². The first-order valence-corrected chi connectivity index (χ1v) is 4.29. The normalized spacial score (nSPS) is 7.00. The summed E-state index contributed by atoms with van der Waals surface area (Å²) in [6.07, 6.45) is 0. The Morgan fingerprint density at radius 3 is 0.545 bits per heavy atom. The molecule has 130 valence electrons. The van der Waals surface area contributed by atoms with Crippen LogP contribution < -0.4 is 0 Å². The number of nitrogens with zero attached hydrogens (tertiary/aromatic N) is 4. The van der Waals surface area contributed by atoms with E-state index in [0.717, 1.165) is 0 Å². The summed E-state index contributed by atoms with van der Waals surface area (Å²) in [6.45, 7) is 0. The fourth-order valence-electron chi connectivity index (χ4n) is 0. The summed E-state index contributed by atoms with van der Waals surface area (Å²) >= 11 is 0. The van der Waals surface area contributed by atoms with Gasteiger partial charge in [-0.05, 0) is 0 Å². The second kappa shape index (κ2) is 23.5. The molecule has 0 atom stereocenters. The summed E-state index contributed by atoms with van der Waals surface area (Å²) in [5.74, 6) is 0. The van der Waals surface area contributed by atoms with Gasteiger partial charge in [-0.2, -0.15) is 8.42 Å².